The predicted octanol–water partition coefficient (Wildman–Crippen LogP) is 3.67. The molecule has 0 N–H and O–H groups in total. The molecule has 0 heterocycles. The van der Waals surface area contributed by atoms with Gasteiger partial charge in [-0.25, -0.2) is 4.79 Å². The van der Waals surface area contributed by atoms with E-state index in [1.54, 1.807) is 0 Å². The summed E-state index contributed by atoms with van der Waals surface area (Å²) in [5.41, 5.74) is 0. The average molecular weight is 418 g/mol. The van der Waals surface area contributed by atoms with Crippen LogP contribution < -0.4 is 12.4 Å². The molecule has 0 saturated carbocycles. The van der Waals surface area contributed by atoms with Crippen molar-refractivity contribution in [3.8, 4) is 0 Å². The molecule has 0 saturated heterocycles. The summed E-state index contributed by atoms with van der Waals surface area (Å²) in [6.07, 6.45) is 22.9. The second-order valence-electron chi connectivity index (χ2n) is 9.04. The third-order valence-corrected chi connectivity index (χ3v) is 5.13. The van der Waals surface area contributed by atoms with Crippen LogP contribution in [0.2, 0.25) is 0 Å². The molecule has 168 valence electrons. The molecule has 28 heavy (non-hydrogen) atoms. The highest BCUT2D eigenvalue weighted by Crippen LogP contribution is 2.14. The summed E-state index contributed by atoms with van der Waals surface area (Å²) < 4.78 is 6.07. The van der Waals surface area contributed by atoms with Crippen LogP contribution in [-0.2, 0) is 9.53 Å². The topological polar surface area (TPSA) is 26.3 Å². The number of nitrogens with zero attached hydrogens (tertiary/aromatic N) is 1. The van der Waals surface area contributed by atoms with Gasteiger partial charge in [0.05, 0.1) is 34.3 Å². The van der Waals surface area contributed by atoms with Crippen LogP contribution in [0.25, 0.3) is 0 Å². The Labute approximate surface area is 182 Å². The number of halogens is 1. The third-order valence-electron chi connectivity index (χ3n) is 5.13. The maximum Gasteiger partial charge on any atom is 0.330 e. The van der Waals surface area contributed by atoms with E-state index in [2.05, 4.69) is 27.7 Å². The van der Waals surface area contributed by atoms with Crippen LogP contribution >= 0.6 is 0 Å². The van der Waals surface area contributed by atoms with Crippen LogP contribution in [0.1, 0.15) is 103 Å². The molecule has 0 rings (SSSR count). The molecule has 0 aromatic heterocycles. The molecular formula is C24H48ClNO2. The SMILES string of the molecule is C=CC(=O)OCCCCCCCCCCCCCCCCCC[N+](C)(C)C.[Cl-]. The van der Waals surface area contributed by atoms with Crippen molar-refractivity contribution in [3.05, 3.63) is 12.7 Å². The molecular weight excluding hydrogens is 370 g/mol. The van der Waals surface area contributed by atoms with Crippen molar-refractivity contribution >= 4 is 5.97 Å². The lowest BCUT2D eigenvalue weighted by atomic mass is 10.0. The Morgan fingerprint density at radius 2 is 1.00 bits per heavy atom. The summed E-state index contributed by atoms with van der Waals surface area (Å²) in [7, 11) is 6.85. The Balaban J connectivity index is 0. The van der Waals surface area contributed by atoms with Gasteiger partial charge in [0.15, 0.2) is 0 Å². The first-order valence-corrected chi connectivity index (χ1v) is 11.6. The van der Waals surface area contributed by atoms with E-state index in [0.717, 1.165) is 10.9 Å². The number of hydrogen-bond donors (Lipinski definition) is 0. The Hall–Kier alpha value is -0.540. The highest BCUT2D eigenvalue weighted by atomic mass is 35.5. The summed E-state index contributed by atoms with van der Waals surface area (Å²) in [5, 5.41) is 0. The van der Waals surface area contributed by atoms with Crippen molar-refractivity contribution in [1.29, 1.82) is 0 Å². The normalized spacial score (nSPS) is 11.1. The minimum atomic E-state index is -0.300. The van der Waals surface area contributed by atoms with Gasteiger partial charge in [-0.15, -0.1) is 0 Å². The number of ether oxygens (including phenoxy) is 1. The van der Waals surface area contributed by atoms with E-state index in [0.29, 0.717) is 6.61 Å². The second kappa shape index (κ2) is 21.2. The van der Waals surface area contributed by atoms with Crippen molar-refractivity contribution < 1.29 is 26.4 Å². The minimum absolute atomic E-state index is 0. The number of carbonyl (C=O) groups excluding carboxylic acids is 1. The molecule has 0 aromatic rings. The molecule has 0 bridgehead atoms. The van der Waals surface area contributed by atoms with Crippen molar-refractivity contribution in [3.63, 3.8) is 0 Å². The summed E-state index contributed by atoms with van der Waals surface area (Å²) in [6.45, 7) is 5.24. The molecule has 3 nitrogen and oxygen atoms in total. The summed E-state index contributed by atoms with van der Waals surface area (Å²) in [5.74, 6) is -0.300. The first kappa shape index (κ1) is 29.7. The number of hydrogen-bond acceptors (Lipinski definition) is 2. The fourth-order valence-electron chi connectivity index (χ4n) is 3.39. The van der Waals surface area contributed by atoms with Crippen LogP contribution in [0.5, 0.6) is 0 Å². The number of rotatable bonds is 20. The van der Waals surface area contributed by atoms with Gasteiger partial charge in [-0.05, 0) is 19.3 Å². The number of carbonyl (C=O) groups is 1. The van der Waals surface area contributed by atoms with Crippen molar-refractivity contribution in [2.45, 2.75) is 103 Å². The zero-order valence-corrected chi connectivity index (χ0v) is 19.9. The monoisotopic (exact) mass is 417 g/mol. The molecule has 0 radical (unpaired) electrons. The van der Waals surface area contributed by atoms with Gasteiger partial charge >= 0.3 is 5.97 Å². The van der Waals surface area contributed by atoms with E-state index in [4.69, 9.17) is 4.74 Å². The lowest BCUT2D eigenvalue weighted by Crippen LogP contribution is -3.00. The van der Waals surface area contributed by atoms with E-state index in [1.807, 2.05) is 0 Å². The van der Waals surface area contributed by atoms with Gasteiger partial charge in [0.25, 0.3) is 0 Å². The van der Waals surface area contributed by atoms with Gasteiger partial charge in [-0.3, -0.25) is 0 Å². The minimum Gasteiger partial charge on any atom is -1.00 e. The molecule has 0 unspecified atom stereocenters. The van der Waals surface area contributed by atoms with E-state index < -0.39 is 0 Å². The molecule has 0 fully saturated rings. The number of esters is 1. The zero-order chi connectivity index (χ0) is 20.2. The van der Waals surface area contributed by atoms with Crippen molar-refractivity contribution in [2.75, 3.05) is 34.3 Å². The molecule has 0 atom stereocenters. The third kappa shape index (κ3) is 25.5. The fraction of sp³-hybridized carbons (Fsp3) is 0.875. The molecule has 0 aromatic carbocycles. The van der Waals surface area contributed by atoms with Crippen LogP contribution in [0.4, 0.5) is 0 Å². The van der Waals surface area contributed by atoms with Gasteiger partial charge in [-0.2, -0.15) is 0 Å². The Bertz CT molecular complexity index is 353. The first-order valence-electron chi connectivity index (χ1n) is 11.6. The van der Waals surface area contributed by atoms with Crippen LogP contribution in [0.15, 0.2) is 12.7 Å². The lowest BCUT2D eigenvalue weighted by Gasteiger charge is -2.23. The first-order chi connectivity index (χ1) is 13.0. The molecule has 0 spiro atoms. The molecule has 0 aliphatic heterocycles. The summed E-state index contributed by atoms with van der Waals surface area (Å²) in [4.78, 5) is 10.9. The highest BCUT2D eigenvalue weighted by Gasteiger charge is 2.05. The van der Waals surface area contributed by atoms with Crippen LogP contribution in [-0.4, -0.2) is 44.7 Å². The van der Waals surface area contributed by atoms with E-state index >= 15 is 0 Å². The van der Waals surface area contributed by atoms with Crippen LogP contribution in [0.3, 0.4) is 0 Å². The van der Waals surface area contributed by atoms with Gasteiger partial charge in [0.1, 0.15) is 0 Å². The van der Waals surface area contributed by atoms with Gasteiger partial charge in [0.2, 0.25) is 0 Å². The van der Waals surface area contributed by atoms with Gasteiger partial charge < -0.3 is 21.6 Å². The predicted molar refractivity (Wildman–Crippen MR) is 118 cm³/mol. The molecule has 0 aliphatic rings. The van der Waals surface area contributed by atoms with Gasteiger partial charge in [-0.1, -0.05) is 90.0 Å². The highest BCUT2D eigenvalue weighted by molar-refractivity contribution is 5.81. The molecule has 0 amide bonds. The Kier molecular flexibility index (Phi) is 22.4. The van der Waals surface area contributed by atoms with E-state index in [1.165, 1.54) is 109 Å². The largest absolute Gasteiger partial charge is 1.00 e. The quantitative estimate of drug-likeness (QED) is 0.131. The van der Waals surface area contributed by atoms with Crippen molar-refractivity contribution in [1.82, 2.24) is 0 Å². The zero-order valence-electron chi connectivity index (χ0n) is 19.2. The van der Waals surface area contributed by atoms with Crippen LogP contribution in [0, 0.1) is 0 Å². The lowest BCUT2D eigenvalue weighted by molar-refractivity contribution is -0.870. The Morgan fingerprint density at radius 1 is 0.679 bits per heavy atom. The maximum atomic E-state index is 10.9. The number of quaternary nitrogens is 1. The summed E-state index contributed by atoms with van der Waals surface area (Å²) >= 11 is 0. The smallest absolute Gasteiger partial charge is 0.330 e. The van der Waals surface area contributed by atoms with Crippen molar-refractivity contribution in [2.24, 2.45) is 0 Å². The maximum absolute atomic E-state index is 10.9. The molecule has 4 heteroatoms. The van der Waals surface area contributed by atoms with E-state index in [9.17, 15) is 4.79 Å². The van der Waals surface area contributed by atoms with E-state index in [-0.39, 0.29) is 18.4 Å². The summed E-state index contributed by atoms with van der Waals surface area (Å²) in [6, 6.07) is 0. The second-order valence-corrected chi connectivity index (χ2v) is 9.04. The standard InChI is InChI=1S/C24H48NO2.ClH/c1-5-24(26)27-23-21-19-17-15-13-11-9-7-6-8-10-12-14-16-18-20-22-25(2,3)4;/h5H,1,6-23H2,2-4H3;1H/q+1;/p-1. The molecule has 0 aliphatic carbocycles. The fourth-order valence-corrected chi connectivity index (χ4v) is 3.39. The average Bonchev–Trinajstić information content (AvgIpc) is 2.62. The Morgan fingerprint density at radius 3 is 1.32 bits per heavy atom. The van der Waals surface area contributed by atoms with Gasteiger partial charge in [0, 0.05) is 6.08 Å². The number of unbranched alkanes of at least 4 members (excludes halogenated alkanes) is 15.